The first kappa shape index (κ1) is 22.2. The first-order valence-corrected chi connectivity index (χ1v) is 12.7. The number of benzene rings is 4. The summed E-state index contributed by atoms with van der Waals surface area (Å²) in [6, 6.07) is 29.4. The molecule has 0 spiro atoms. The van der Waals surface area contributed by atoms with Gasteiger partial charge in [0.2, 0.25) is 17.5 Å². The molecule has 0 saturated carbocycles. The minimum absolute atomic E-state index is 0.273. The lowest BCUT2D eigenvalue weighted by molar-refractivity contribution is 0.974. The summed E-state index contributed by atoms with van der Waals surface area (Å²) in [6.45, 7) is 0. The van der Waals surface area contributed by atoms with Crippen molar-refractivity contribution in [2.75, 3.05) is 0 Å². The molecular weight excluding hydrogens is 498 g/mol. The van der Waals surface area contributed by atoms with E-state index in [-0.39, 0.29) is 11.6 Å². The van der Waals surface area contributed by atoms with E-state index in [2.05, 4.69) is 20.2 Å². The van der Waals surface area contributed by atoms with Gasteiger partial charge in [-0.3, -0.25) is 4.98 Å². The maximum Gasteiger partial charge on any atom is 0.220 e. The molecule has 4 heterocycles. The van der Waals surface area contributed by atoms with Crippen LogP contribution in [0.4, 0.5) is 0 Å². The Bertz CT molecular complexity index is 2200. The van der Waals surface area contributed by atoms with Gasteiger partial charge in [0.25, 0.3) is 0 Å². The topological polar surface area (TPSA) is 116 Å². The van der Waals surface area contributed by atoms with Crippen LogP contribution in [0.3, 0.4) is 0 Å². The summed E-state index contributed by atoms with van der Waals surface area (Å²) in [6.07, 6.45) is 3.55. The lowest BCUT2D eigenvalue weighted by atomic mass is 10.0. The molecule has 40 heavy (non-hydrogen) atoms. The van der Waals surface area contributed by atoms with Gasteiger partial charge < -0.3 is 0 Å². The Morgan fingerprint density at radius 3 is 1.98 bits per heavy atom. The van der Waals surface area contributed by atoms with Crippen LogP contribution in [-0.2, 0) is 0 Å². The van der Waals surface area contributed by atoms with Gasteiger partial charge in [-0.15, -0.1) is 10.2 Å². The van der Waals surface area contributed by atoms with Crippen molar-refractivity contribution in [1.29, 1.82) is 0 Å². The van der Waals surface area contributed by atoms with E-state index in [4.69, 9.17) is 24.9 Å². The number of hydrogen-bond donors (Lipinski definition) is 0. The molecule has 0 aliphatic heterocycles. The fourth-order valence-electron chi connectivity index (χ4n) is 4.87. The molecule has 0 atom stereocenters. The number of pyridine rings is 1. The predicted octanol–water partition coefficient (Wildman–Crippen LogP) is 5.86. The minimum atomic E-state index is 0.273. The molecule has 8 aromatic rings. The molecule has 186 valence electrons. The van der Waals surface area contributed by atoms with Crippen molar-refractivity contribution in [2.24, 2.45) is 0 Å². The van der Waals surface area contributed by atoms with Gasteiger partial charge in [0, 0.05) is 39.5 Å². The smallest absolute Gasteiger partial charge is 0.220 e. The average molecular weight is 516 g/mol. The van der Waals surface area contributed by atoms with E-state index in [0.717, 1.165) is 38.1 Å². The molecule has 4 aromatic heterocycles. The highest BCUT2D eigenvalue weighted by Crippen LogP contribution is 2.32. The second-order valence-corrected chi connectivity index (χ2v) is 9.20. The highest BCUT2D eigenvalue weighted by molar-refractivity contribution is 6.21. The van der Waals surface area contributed by atoms with Crippen LogP contribution in [-0.4, -0.2) is 45.1 Å². The van der Waals surface area contributed by atoms with E-state index >= 15 is 0 Å². The van der Waals surface area contributed by atoms with Crippen LogP contribution in [0.1, 0.15) is 0 Å². The van der Waals surface area contributed by atoms with Gasteiger partial charge in [0.15, 0.2) is 11.6 Å². The minimum Gasteiger partial charge on any atom is -0.256 e. The van der Waals surface area contributed by atoms with Crippen molar-refractivity contribution in [2.45, 2.75) is 0 Å². The lowest BCUT2D eigenvalue weighted by Gasteiger charge is -2.09. The molecule has 0 aliphatic carbocycles. The first-order chi connectivity index (χ1) is 19.8. The van der Waals surface area contributed by atoms with Gasteiger partial charge in [-0.25, -0.2) is 29.9 Å². The third-order valence-electron chi connectivity index (χ3n) is 6.74. The molecular formula is C31H17N9. The zero-order valence-electron chi connectivity index (χ0n) is 20.8. The summed E-state index contributed by atoms with van der Waals surface area (Å²) in [5.74, 6) is 1.72. The maximum absolute atomic E-state index is 4.94. The second-order valence-electron chi connectivity index (χ2n) is 9.20. The van der Waals surface area contributed by atoms with Crippen molar-refractivity contribution < 1.29 is 0 Å². The summed E-state index contributed by atoms with van der Waals surface area (Å²) in [7, 11) is 0. The Labute approximate surface area is 226 Å². The number of rotatable bonds is 3. The fraction of sp³-hybridized carbons (Fsp3) is 0. The SMILES string of the molecule is c1ccc(-c2nc(-c3ncc4ccccc4n3)nc(-c3nnc4c5ccccc5c5ncccc5c4n3)n2)cc1. The van der Waals surface area contributed by atoms with Crippen molar-refractivity contribution in [3.8, 4) is 34.7 Å². The molecule has 0 bridgehead atoms. The van der Waals surface area contributed by atoms with Gasteiger partial charge >= 0.3 is 0 Å². The summed E-state index contributed by atoms with van der Waals surface area (Å²) < 4.78 is 0. The van der Waals surface area contributed by atoms with E-state index in [1.54, 1.807) is 12.4 Å². The molecule has 0 amide bonds. The molecule has 8 rings (SSSR count). The normalized spacial score (nSPS) is 11.5. The predicted molar refractivity (Wildman–Crippen MR) is 153 cm³/mol. The van der Waals surface area contributed by atoms with Gasteiger partial charge in [-0.2, -0.15) is 0 Å². The highest BCUT2D eigenvalue weighted by atomic mass is 15.2. The van der Waals surface area contributed by atoms with Crippen LogP contribution >= 0.6 is 0 Å². The number of hydrogen-bond acceptors (Lipinski definition) is 9. The molecule has 0 radical (unpaired) electrons. The Hall–Kier alpha value is -5.83. The standard InChI is InChI=1S/C31H17N9/c1-2-9-18(10-3-1)27-36-29(28-33-17-19-11-4-7-15-23(19)34-28)38-30(37-27)31-35-25-22-14-8-16-32-24(22)20-12-5-6-13-21(20)26(25)39-40-31/h1-17H. The Kier molecular flexibility index (Phi) is 4.92. The largest absolute Gasteiger partial charge is 0.256 e. The average Bonchev–Trinajstić information content (AvgIpc) is 3.04. The van der Waals surface area contributed by atoms with E-state index in [9.17, 15) is 0 Å². The first-order valence-electron chi connectivity index (χ1n) is 12.7. The molecule has 9 heteroatoms. The lowest BCUT2D eigenvalue weighted by Crippen LogP contribution is -2.05. The van der Waals surface area contributed by atoms with Crippen LogP contribution in [0.2, 0.25) is 0 Å². The van der Waals surface area contributed by atoms with Crippen molar-refractivity contribution in [3.05, 3.63) is 103 Å². The number of fused-ring (bicyclic) bond motifs is 7. The Balaban J connectivity index is 1.38. The Morgan fingerprint density at radius 1 is 0.400 bits per heavy atom. The number of aromatic nitrogens is 9. The second kappa shape index (κ2) is 8.88. The summed E-state index contributed by atoms with van der Waals surface area (Å²) in [4.78, 5) is 33.0. The summed E-state index contributed by atoms with van der Waals surface area (Å²) >= 11 is 0. The molecule has 0 aliphatic rings. The van der Waals surface area contributed by atoms with E-state index in [1.807, 2.05) is 91.0 Å². The highest BCUT2D eigenvalue weighted by Gasteiger charge is 2.19. The van der Waals surface area contributed by atoms with E-state index < -0.39 is 0 Å². The Morgan fingerprint density at radius 2 is 1.10 bits per heavy atom. The van der Waals surface area contributed by atoms with Crippen LogP contribution in [0.25, 0.3) is 78.3 Å². The van der Waals surface area contributed by atoms with Gasteiger partial charge in [-0.05, 0) is 18.2 Å². The van der Waals surface area contributed by atoms with Crippen molar-refractivity contribution >= 4 is 43.6 Å². The third-order valence-corrected chi connectivity index (χ3v) is 6.74. The number of para-hydroxylation sites is 1. The molecule has 0 unspecified atom stereocenters. The van der Waals surface area contributed by atoms with E-state index in [1.165, 1.54) is 0 Å². The van der Waals surface area contributed by atoms with E-state index in [0.29, 0.717) is 28.5 Å². The number of nitrogens with zero attached hydrogens (tertiary/aromatic N) is 9. The summed E-state index contributed by atoms with van der Waals surface area (Å²) in [5.41, 5.74) is 3.84. The fourth-order valence-corrected chi connectivity index (χ4v) is 4.87. The zero-order valence-corrected chi connectivity index (χ0v) is 20.8. The quantitative estimate of drug-likeness (QED) is 0.267. The van der Waals surface area contributed by atoms with Crippen LogP contribution in [0.15, 0.2) is 103 Å². The monoisotopic (exact) mass is 515 g/mol. The van der Waals surface area contributed by atoms with Gasteiger partial charge in [-0.1, -0.05) is 72.8 Å². The molecule has 0 saturated heterocycles. The van der Waals surface area contributed by atoms with Crippen LogP contribution in [0, 0.1) is 0 Å². The molecule has 4 aromatic carbocycles. The molecule has 9 nitrogen and oxygen atoms in total. The van der Waals surface area contributed by atoms with Crippen molar-refractivity contribution in [1.82, 2.24) is 45.1 Å². The maximum atomic E-state index is 4.94. The third kappa shape index (κ3) is 3.60. The van der Waals surface area contributed by atoms with Crippen LogP contribution < -0.4 is 0 Å². The molecule has 0 N–H and O–H groups in total. The van der Waals surface area contributed by atoms with Gasteiger partial charge in [0.1, 0.15) is 11.0 Å². The van der Waals surface area contributed by atoms with Gasteiger partial charge in [0.05, 0.1) is 11.0 Å². The molecule has 0 fully saturated rings. The summed E-state index contributed by atoms with van der Waals surface area (Å²) in [5, 5.41) is 12.8. The van der Waals surface area contributed by atoms with Crippen molar-refractivity contribution in [3.63, 3.8) is 0 Å². The van der Waals surface area contributed by atoms with Crippen LogP contribution in [0.5, 0.6) is 0 Å². The zero-order chi connectivity index (χ0) is 26.5.